The number of thiocarbonyl (C=S) groups is 1. The Morgan fingerprint density at radius 2 is 1.91 bits per heavy atom. The van der Waals surface area contributed by atoms with Crippen LogP contribution in [0.1, 0.15) is 10.4 Å². The molecule has 160 valence electrons. The van der Waals surface area contributed by atoms with Crippen molar-refractivity contribution in [2.45, 2.75) is 0 Å². The van der Waals surface area contributed by atoms with Gasteiger partial charge in [0.25, 0.3) is 11.6 Å². The number of carbonyl (C=O) groups excluding carboxylic acids is 1. The Morgan fingerprint density at radius 3 is 2.66 bits per heavy atom. The monoisotopic (exact) mass is 487 g/mol. The second-order valence-electron chi connectivity index (χ2n) is 6.37. The van der Waals surface area contributed by atoms with E-state index in [0.29, 0.717) is 33.4 Å². The first kappa shape index (κ1) is 21.6. The number of halogens is 2. The molecule has 0 bridgehead atoms. The molecule has 4 rings (SSSR count). The molecule has 0 saturated carbocycles. The van der Waals surface area contributed by atoms with E-state index in [9.17, 15) is 14.9 Å². The van der Waals surface area contributed by atoms with Gasteiger partial charge in [-0.2, -0.15) is 4.98 Å². The molecule has 9 nitrogen and oxygen atoms in total. The summed E-state index contributed by atoms with van der Waals surface area (Å²) in [5.74, 6) is -0.384. The molecular formula is C20H11Cl2N5O4S. The van der Waals surface area contributed by atoms with Crippen molar-refractivity contribution in [3.8, 4) is 11.5 Å². The predicted molar refractivity (Wildman–Crippen MR) is 124 cm³/mol. The summed E-state index contributed by atoms with van der Waals surface area (Å²) in [6.45, 7) is 0. The third kappa shape index (κ3) is 4.52. The van der Waals surface area contributed by atoms with Crippen LogP contribution < -0.4 is 10.6 Å². The van der Waals surface area contributed by atoms with E-state index in [1.165, 1.54) is 12.1 Å². The summed E-state index contributed by atoms with van der Waals surface area (Å²) in [7, 11) is 0. The summed E-state index contributed by atoms with van der Waals surface area (Å²) in [5.41, 5.74) is 1.61. The van der Waals surface area contributed by atoms with E-state index < -0.39 is 10.8 Å². The molecule has 12 heteroatoms. The van der Waals surface area contributed by atoms with Crippen LogP contribution in [0.5, 0.6) is 0 Å². The van der Waals surface area contributed by atoms with Crippen molar-refractivity contribution in [1.82, 2.24) is 15.3 Å². The Hall–Kier alpha value is -3.60. The van der Waals surface area contributed by atoms with Crippen LogP contribution in [0, 0.1) is 10.1 Å². The molecule has 2 heterocycles. The number of fused-ring (bicyclic) bond motifs is 1. The Kier molecular flexibility index (Phi) is 5.99. The lowest BCUT2D eigenvalue weighted by Gasteiger charge is -2.12. The van der Waals surface area contributed by atoms with Crippen LogP contribution in [0.3, 0.4) is 0 Å². The highest BCUT2D eigenvalue weighted by Gasteiger charge is 2.18. The zero-order chi connectivity index (χ0) is 22.8. The molecule has 2 N–H and O–H groups in total. The average Bonchev–Trinajstić information content (AvgIpc) is 3.19. The number of nitro groups is 1. The summed E-state index contributed by atoms with van der Waals surface area (Å²) in [4.78, 5) is 31.3. The van der Waals surface area contributed by atoms with Crippen LogP contribution in [0.25, 0.3) is 22.7 Å². The highest BCUT2D eigenvalue weighted by molar-refractivity contribution is 7.80. The lowest BCUT2D eigenvalue weighted by Crippen LogP contribution is -2.34. The molecule has 1 amide bonds. The quantitative estimate of drug-likeness (QED) is 0.227. The number of nitro benzene ring substituents is 1. The number of carbonyl (C=O) groups is 1. The predicted octanol–water partition coefficient (Wildman–Crippen LogP) is 5.23. The second kappa shape index (κ2) is 8.87. The molecule has 0 aliphatic rings. The number of aromatic nitrogens is 2. The van der Waals surface area contributed by atoms with Gasteiger partial charge in [0, 0.05) is 23.9 Å². The van der Waals surface area contributed by atoms with E-state index in [4.69, 9.17) is 39.8 Å². The Bertz CT molecular complexity index is 1360. The number of benzene rings is 2. The van der Waals surface area contributed by atoms with Crippen molar-refractivity contribution in [1.29, 1.82) is 0 Å². The van der Waals surface area contributed by atoms with Crippen molar-refractivity contribution >= 4 is 69.0 Å². The van der Waals surface area contributed by atoms with Crippen LogP contribution in [-0.4, -0.2) is 25.9 Å². The minimum Gasteiger partial charge on any atom is -0.434 e. The molecule has 0 aliphatic carbocycles. The molecular weight excluding hydrogens is 477 g/mol. The number of hydrogen-bond acceptors (Lipinski definition) is 7. The SMILES string of the molecule is O=C(NC(=S)Nc1cc(-c2nc3ncccc3o2)ccc1Cl)c1cc([N+](=O)[O-])ccc1Cl. The van der Waals surface area contributed by atoms with Crippen molar-refractivity contribution in [2.24, 2.45) is 0 Å². The van der Waals surface area contributed by atoms with Crippen LogP contribution in [0.15, 0.2) is 59.1 Å². The molecule has 0 radical (unpaired) electrons. The normalized spacial score (nSPS) is 10.7. The molecule has 4 aromatic rings. The third-order valence-corrected chi connectivity index (χ3v) is 5.12. The fourth-order valence-electron chi connectivity index (χ4n) is 2.77. The summed E-state index contributed by atoms with van der Waals surface area (Å²) < 4.78 is 5.70. The molecule has 0 saturated heterocycles. The zero-order valence-electron chi connectivity index (χ0n) is 15.8. The van der Waals surface area contributed by atoms with Gasteiger partial charge in [0.2, 0.25) is 5.89 Å². The van der Waals surface area contributed by atoms with E-state index in [1.54, 1.807) is 36.5 Å². The number of rotatable bonds is 4. The number of anilines is 1. The number of nitrogens with zero attached hydrogens (tertiary/aromatic N) is 3. The maximum Gasteiger partial charge on any atom is 0.270 e. The van der Waals surface area contributed by atoms with E-state index in [-0.39, 0.29) is 21.4 Å². The van der Waals surface area contributed by atoms with Gasteiger partial charge in [-0.15, -0.1) is 0 Å². The highest BCUT2D eigenvalue weighted by atomic mass is 35.5. The van der Waals surface area contributed by atoms with E-state index in [0.717, 1.165) is 6.07 Å². The molecule has 0 spiro atoms. The fourth-order valence-corrected chi connectivity index (χ4v) is 3.34. The van der Waals surface area contributed by atoms with Crippen LogP contribution >= 0.6 is 35.4 Å². The summed E-state index contributed by atoms with van der Waals surface area (Å²) in [6, 6.07) is 12.0. The number of nitrogens with one attached hydrogen (secondary N) is 2. The summed E-state index contributed by atoms with van der Waals surface area (Å²) >= 11 is 17.4. The first-order valence-corrected chi connectivity index (χ1v) is 10.1. The van der Waals surface area contributed by atoms with Gasteiger partial charge in [-0.25, -0.2) is 4.98 Å². The second-order valence-corrected chi connectivity index (χ2v) is 7.59. The standard InChI is InChI=1S/C20H11Cl2N5O4S/c21-13-6-4-11(27(29)30)9-12(13)18(28)26-20(32)24-15-8-10(3-5-14(15)22)19-25-17-16(31-19)2-1-7-23-17/h1-9H,(H2,24,26,28,32). The third-order valence-electron chi connectivity index (χ3n) is 4.26. The van der Waals surface area contributed by atoms with E-state index in [1.807, 2.05) is 0 Å². The topological polar surface area (TPSA) is 123 Å². The summed E-state index contributed by atoms with van der Waals surface area (Å²) in [5, 5.41) is 16.5. The van der Waals surface area contributed by atoms with Crippen molar-refractivity contribution in [3.05, 3.63) is 80.5 Å². The molecule has 0 fully saturated rings. The average molecular weight is 488 g/mol. The number of oxazole rings is 1. The van der Waals surface area contributed by atoms with E-state index >= 15 is 0 Å². The lowest BCUT2D eigenvalue weighted by molar-refractivity contribution is -0.384. The Labute approximate surface area is 195 Å². The maximum absolute atomic E-state index is 12.5. The van der Waals surface area contributed by atoms with Crippen LogP contribution in [0.4, 0.5) is 11.4 Å². The lowest BCUT2D eigenvalue weighted by atomic mass is 10.2. The number of non-ortho nitro benzene ring substituents is 1. The zero-order valence-corrected chi connectivity index (χ0v) is 18.2. The number of amides is 1. The Morgan fingerprint density at radius 1 is 1.12 bits per heavy atom. The van der Waals surface area contributed by atoms with Crippen LogP contribution in [-0.2, 0) is 0 Å². The molecule has 32 heavy (non-hydrogen) atoms. The molecule has 0 unspecified atom stereocenters. The Balaban J connectivity index is 1.53. The van der Waals surface area contributed by atoms with Gasteiger partial charge < -0.3 is 9.73 Å². The number of hydrogen-bond donors (Lipinski definition) is 2. The minimum atomic E-state index is -0.714. The van der Waals surface area contributed by atoms with Crippen molar-refractivity contribution < 1.29 is 14.1 Å². The molecule has 0 aliphatic heterocycles. The van der Waals surface area contributed by atoms with Gasteiger partial charge in [0.1, 0.15) is 0 Å². The number of pyridine rings is 1. The maximum atomic E-state index is 12.5. The van der Waals surface area contributed by atoms with Gasteiger partial charge in [-0.1, -0.05) is 23.2 Å². The first-order valence-electron chi connectivity index (χ1n) is 8.89. The molecule has 0 atom stereocenters. The van der Waals surface area contributed by atoms with E-state index in [2.05, 4.69) is 20.6 Å². The van der Waals surface area contributed by atoms with Crippen LogP contribution in [0.2, 0.25) is 10.0 Å². The smallest absolute Gasteiger partial charge is 0.270 e. The van der Waals surface area contributed by atoms with Gasteiger partial charge >= 0.3 is 0 Å². The molecule has 2 aromatic carbocycles. The van der Waals surface area contributed by atoms with Gasteiger partial charge in [0.15, 0.2) is 16.3 Å². The van der Waals surface area contributed by atoms with Crippen molar-refractivity contribution in [3.63, 3.8) is 0 Å². The molecule has 2 aromatic heterocycles. The highest BCUT2D eigenvalue weighted by Crippen LogP contribution is 2.30. The van der Waals surface area contributed by atoms with Crippen molar-refractivity contribution in [2.75, 3.05) is 5.32 Å². The summed E-state index contributed by atoms with van der Waals surface area (Å²) in [6.07, 6.45) is 1.61. The van der Waals surface area contributed by atoms with Gasteiger partial charge in [-0.3, -0.25) is 20.2 Å². The van der Waals surface area contributed by atoms with Gasteiger partial charge in [-0.05, 0) is 48.6 Å². The first-order chi connectivity index (χ1) is 15.3. The largest absolute Gasteiger partial charge is 0.434 e. The minimum absolute atomic E-state index is 0.0421. The van der Waals surface area contributed by atoms with Gasteiger partial charge in [0.05, 0.1) is 26.2 Å². The fraction of sp³-hybridized carbons (Fsp3) is 0.